The Hall–Kier alpha value is -2.30. The molecule has 0 aliphatic carbocycles. The Bertz CT molecular complexity index is 549. The average molecular weight is 246 g/mol. The molecule has 1 aromatic carbocycles. The van der Waals surface area contributed by atoms with Gasteiger partial charge in [0.25, 0.3) is 0 Å². The van der Waals surface area contributed by atoms with E-state index in [1.807, 2.05) is 12.1 Å². The highest BCUT2D eigenvalue weighted by molar-refractivity contribution is 5.85. The number of carbonyl (C=O) groups is 1. The van der Waals surface area contributed by atoms with Crippen molar-refractivity contribution in [1.29, 1.82) is 0 Å². The fraction of sp³-hybridized carbons (Fsp3) is 0.231. The van der Waals surface area contributed by atoms with Gasteiger partial charge in [-0.25, -0.2) is 4.79 Å². The summed E-state index contributed by atoms with van der Waals surface area (Å²) in [5.41, 5.74) is 2.14. The zero-order valence-electron chi connectivity index (χ0n) is 10.0. The molecular formula is C13H14N2O3. The van der Waals surface area contributed by atoms with Crippen LogP contribution in [-0.2, 0) is 13.0 Å². The maximum atomic E-state index is 10.6. The van der Waals surface area contributed by atoms with Gasteiger partial charge in [0.2, 0.25) is 0 Å². The summed E-state index contributed by atoms with van der Waals surface area (Å²) in [4.78, 5) is 10.6. The molecule has 0 radical (unpaired) electrons. The molecule has 0 unspecified atom stereocenters. The van der Waals surface area contributed by atoms with Crippen LogP contribution in [0, 0.1) is 0 Å². The van der Waals surface area contributed by atoms with Crippen molar-refractivity contribution in [1.82, 2.24) is 5.16 Å². The van der Waals surface area contributed by atoms with E-state index in [0.717, 1.165) is 12.1 Å². The molecule has 2 rings (SSSR count). The number of aromatic nitrogens is 1. The molecule has 2 N–H and O–H groups in total. The molecule has 1 aromatic heterocycles. The Kier molecular flexibility index (Phi) is 3.62. The van der Waals surface area contributed by atoms with Crippen molar-refractivity contribution in [3.8, 4) is 0 Å². The lowest BCUT2D eigenvalue weighted by Crippen LogP contribution is -1.99. The minimum Gasteiger partial charge on any atom is -0.476 e. The zero-order valence-corrected chi connectivity index (χ0v) is 10.0. The number of aryl methyl sites for hydroxylation is 1. The standard InChI is InChI=1S/C13H14N2O3/c1-2-9-4-3-5-10(6-9)14-8-11-7-12(13(16)17)15-18-11/h3-7,14H,2,8H2,1H3,(H,16,17). The topological polar surface area (TPSA) is 75.4 Å². The van der Waals surface area contributed by atoms with Gasteiger partial charge in [-0.15, -0.1) is 0 Å². The molecule has 5 nitrogen and oxygen atoms in total. The fourth-order valence-corrected chi connectivity index (χ4v) is 1.59. The number of rotatable bonds is 5. The molecule has 18 heavy (non-hydrogen) atoms. The smallest absolute Gasteiger partial charge is 0.358 e. The van der Waals surface area contributed by atoms with Crippen LogP contribution < -0.4 is 5.32 Å². The van der Waals surface area contributed by atoms with Crippen molar-refractivity contribution in [2.24, 2.45) is 0 Å². The fourth-order valence-electron chi connectivity index (χ4n) is 1.59. The largest absolute Gasteiger partial charge is 0.476 e. The second kappa shape index (κ2) is 5.35. The Morgan fingerprint density at radius 3 is 2.94 bits per heavy atom. The van der Waals surface area contributed by atoms with Crippen LogP contribution in [-0.4, -0.2) is 16.2 Å². The van der Waals surface area contributed by atoms with Crippen LogP contribution in [0.4, 0.5) is 5.69 Å². The van der Waals surface area contributed by atoms with Crippen LogP contribution in [0.3, 0.4) is 0 Å². The molecule has 0 saturated heterocycles. The van der Waals surface area contributed by atoms with E-state index in [9.17, 15) is 4.79 Å². The van der Waals surface area contributed by atoms with Crippen molar-refractivity contribution in [3.63, 3.8) is 0 Å². The van der Waals surface area contributed by atoms with E-state index in [1.165, 1.54) is 11.6 Å². The van der Waals surface area contributed by atoms with Crippen LogP contribution >= 0.6 is 0 Å². The van der Waals surface area contributed by atoms with Gasteiger partial charge in [0.1, 0.15) is 0 Å². The first kappa shape index (κ1) is 12.2. The normalized spacial score (nSPS) is 10.3. The molecule has 2 aromatic rings. The highest BCUT2D eigenvalue weighted by Crippen LogP contribution is 2.13. The highest BCUT2D eigenvalue weighted by atomic mass is 16.5. The quantitative estimate of drug-likeness (QED) is 0.847. The Labute approximate surface area is 104 Å². The van der Waals surface area contributed by atoms with Gasteiger partial charge in [0.05, 0.1) is 6.54 Å². The van der Waals surface area contributed by atoms with Crippen LogP contribution in [0.15, 0.2) is 34.9 Å². The second-order valence-electron chi connectivity index (χ2n) is 3.89. The van der Waals surface area contributed by atoms with E-state index in [-0.39, 0.29) is 5.69 Å². The summed E-state index contributed by atoms with van der Waals surface area (Å²) in [6.07, 6.45) is 0.973. The molecule has 1 heterocycles. The number of carboxylic acids is 1. The number of carboxylic acid groups (broad SMARTS) is 1. The van der Waals surface area contributed by atoms with Crippen molar-refractivity contribution >= 4 is 11.7 Å². The number of benzene rings is 1. The summed E-state index contributed by atoms with van der Waals surface area (Å²) in [7, 11) is 0. The van der Waals surface area contributed by atoms with Gasteiger partial charge in [-0.1, -0.05) is 24.2 Å². The summed E-state index contributed by atoms with van der Waals surface area (Å²) in [6.45, 7) is 2.50. The molecule has 0 aliphatic heterocycles. The van der Waals surface area contributed by atoms with E-state index in [4.69, 9.17) is 9.63 Å². The van der Waals surface area contributed by atoms with E-state index in [2.05, 4.69) is 29.5 Å². The molecule has 5 heteroatoms. The van der Waals surface area contributed by atoms with Crippen LogP contribution in [0.1, 0.15) is 28.7 Å². The lowest BCUT2D eigenvalue weighted by atomic mass is 10.1. The predicted molar refractivity (Wildman–Crippen MR) is 66.6 cm³/mol. The summed E-state index contributed by atoms with van der Waals surface area (Å²) in [5, 5.41) is 15.3. The van der Waals surface area contributed by atoms with Crippen molar-refractivity contribution in [3.05, 3.63) is 47.3 Å². The molecule has 94 valence electrons. The molecule has 0 saturated carbocycles. The molecule has 0 spiro atoms. The van der Waals surface area contributed by atoms with E-state index < -0.39 is 5.97 Å². The third-order valence-corrected chi connectivity index (χ3v) is 2.58. The number of hydrogen-bond acceptors (Lipinski definition) is 4. The number of aromatic carboxylic acids is 1. The molecule has 0 atom stereocenters. The van der Waals surface area contributed by atoms with Gasteiger partial charge >= 0.3 is 5.97 Å². The maximum absolute atomic E-state index is 10.6. The first-order valence-electron chi connectivity index (χ1n) is 5.70. The maximum Gasteiger partial charge on any atom is 0.358 e. The van der Waals surface area contributed by atoms with Gasteiger partial charge in [-0.2, -0.15) is 0 Å². The molecule has 0 fully saturated rings. The van der Waals surface area contributed by atoms with Gasteiger partial charge in [0.15, 0.2) is 11.5 Å². The molecule has 0 amide bonds. The Morgan fingerprint density at radius 1 is 1.44 bits per heavy atom. The minimum atomic E-state index is -1.09. The number of nitrogens with zero attached hydrogens (tertiary/aromatic N) is 1. The van der Waals surface area contributed by atoms with E-state index in [1.54, 1.807) is 0 Å². The van der Waals surface area contributed by atoms with Crippen LogP contribution in [0.25, 0.3) is 0 Å². The number of anilines is 1. The highest BCUT2D eigenvalue weighted by Gasteiger charge is 2.10. The minimum absolute atomic E-state index is 0.0749. The summed E-state index contributed by atoms with van der Waals surface area (Å²) < 4.78 is 4.91. The van der Waals surface area contributed by atoms with Gasteiger partial charge in [0, 0.05) is 11.8 Å². The van der Waals surface area contributed by atoms with Crippen LogP contribution in [0.5, 0.6) is 0 Å². The monoisotopic (exact) mass is 246 g/mol. The van der Waals surface area contributed by atoms with E-state index in [0.29, 0.717) is 12.3 Å². The first-order chi connectivity index (χ1) is 8.69. The first-order valence-corrected chi connectivity index (χ1v) is 5.70. The Morgan fingerprint density at radius 2 is 2.28 bits per heavy atom. The zero-order chi connectivity index (χ0) is 13.0. The van der Waals surface area contributed by atoms with Gasteiger partial charge in [-0.3, -0.25) is 0 Å². The summed E-state index contributed by atoms with van der Waals surface area (Å²) >= 11 is 0. The number of hydrogen-bond donors (Lipinski definition) is 2. The lowest BCUT2D eigenvalue weighted by Gasteiger charge is -2.05. The lowest BCUT2D eigenvalue weighted by molar-refractivity contribution is 0.0685. The third-order valence-electron chi connectivity index (χ3n) is 2.58. The molecule has 0 aliphatic rings. The summed E-state index contributed by atoms with van der Waals surface area (Å²) in [6, 6.07) is 9.45. The number of nitrogens with one attached hydrogen (secondary N) is 1. The van der Waals surface area contributed by atoms with Crippen LogP contribution in [0.2, 0.25) is 0 Å². The van der Waals surface area contributed by atoms with Crippen molar-refractivity contribution in [2.75, 3.05) is 5.32 Å². The van der Waals surface area contributed by atoms with Crippen molar-refractivity contribution < 1.29 is 14.4 Å². The van der Waals surface area contributed by atoms with Gasteiger partial charge in [-0.05, 0) is 24.1 Å². The third kappa shape index (κ3) is 2.88. The second-order valence-corrected chi connectivity index (χ2v) is 3.89. The van der Waals surface area contributed by atoms with Crippen molar-refractivity contribution in [2.45, 2.75) is 19.9 Å². The van der Waals surface area contributed by atoms with E-state index >= 15 is 0 Å². The predicted octanol–water partition coefficient (Wildman–Crippen LogP) is 2.55. The van der Waals surface area contributed by atoms with Gasteiger partial charge < -0.3 is 14.9 Å². The Balaban J connectivity index is 1.99. The molecule has 0 bridgehead atoms. The summed E-state index contributed by atoms with van der Waals surface area (Å²) in [5.74, 6) is -0.590. The SMILES string of the molecule is CCc1cccc(NCc2cc(C(=O)O)no2)c1. The average Bonchev–Trinajstić information content (AvgIpc) is 2.85. The molecular weight excluding hydrogens is 232 g/mol.